The van der Waals surface area contributed by atoms with Crippen LogP contribution >= 0.6 is 23.4 Å². The first kappa shape index (κ1) is 15.4. The lowest BCUT2D eigenvalue weighted by atomic mass is 10.1. The van der Waals surface area contributed by atoms with E-state index in [9.17, 15) is 0 Å². The van der Waals surface area contributed by atoms with Gasteiger partial charge in [-0.25, -0.2) is 0 Å². The quantitative estimate of drug-likeness (QED) is 0.816. The molecule has 0 aliphatic heterocycles. The predicted molar refractivity (Wildman–Crippen MR) is 89.8 cm³/mol. The van der Waals surface area contributed by atoms with Crippen LogP contribution in [0.5, 0.6) is 0 Å². The Balaban J connectivity index is 1.89. The van der Waals surface area contributed by atoms with E-state index in [1.807, 2.05) is 13.0 Å². The Morgan fingerprint density at radius 3 is 2.35 bits per heavy atom. The number of aryl methyl sites for hydroxylation is 2. The topological polar surface area (TPSA) is 26.0 Å². The lowest BCUT2D eigenvalue weighted by Crippen LogP contribution is -2.25. The molecule has 2 rings (SSSR count). The van der Waals surface area contributed by atoms with Crippen molar-refractivity contribution in [3.8, 4) is 0 Å². The normalized spacial score (nSPS) is 12.4. The average Bonchev–Trinajstić information content (AvgIpc) is 2.41. The summed E-state index contributed by atoms with van der Waals surface area (Å²) >= 11 is 8.04. The van der Waals surface area contributed by atoms with Crippen LogP contribution in [0.2, 0.25) is 5.02 Å². The Labute approximate surface area is 130 Å². The molecule has 1 unspecified atom stereocenters. The van der Waals surface area contributed by atoms with Crippen molar-refractivity contribution < 1.29 is 0 Å². The Hall–Kier alpha value is -0.960. The summed E-state index contributed by atoms with van der Waals surface area (Å²) < 4.78 is 0. The molecule has 0 aliphatic carbocycles. The third-order valence-corrected chi connectivity index (χ3v) is 4.73. The van der Waals surface area contributed by atoms with Crippen molar-refractivity contribution in [1.82, 2.24) is 0 Å². The second-order valence-electron chi connectivity index (χ2n) is 5.18. The molecular weight excluding hydrogens is 286 g/mol. The summed E-state index contributed by atoms with van der Waals surface area (Å²) in [6.45, 7) is 4.14. The summed E-state index contributed by atoms with van der Waals surface area (Å²) in [5.74, 6) is 0.896. The van der Waals surface area contributed by atoms with E-state index in [1.54, 1.807) is 11.8 Å². The molecule has 0 fully saturated rings. The van der Waals surface area contributed by atoms with Crippen LogP contribution in [0, 0.1) is 13.8 Å². The fourth-order valence-corrected chi connectivity index (χ4v) is 3.16. The first-order valence-corrected chi connectivity index (χ1v) is 8.11. The van der Waals surface area contributed by atoms with Gasteiger partial charge in [0.15, 0.2) is 0 Å². The lowest BCUT2D eigenvalue weighted by Gasteiger charge is -2.13. The van der Waals surface area contributed by atoms with E-state index in [0.717, 1.165) is 22.8 Å². The SMILES string of the molecule is Cc1ccc(SCC(N)Cc2ccc(C)cc2Cl)cc1. The molecule has 2 aromatic carbocycles. The zero-order chi connectivity index (χ0) is 14.5. The number of benzene rings is 2. The van der Waals surface area contributed by atoms with E-state index in [2.05, 4.69) is 43.3 Å². The van der Waals surface area contributed by atoms with Crippen molar-refractivity contribution in [2.75, 3.05) is 5.75 Å². The second-order valence-corrected chi connectivity index (χ2v) is 6.68. The number of nitrogens with two attached hydrogens (primary N) is 1. The third kappa shape index (κ3) is 4.55. The van der Waals surface area contributed by atoms with Crippen molar-refractivity contribution in [3.63, 3.8) is 0 Å². The molecule has 0 heterocycles. The van der Waals surface area contributed by atoms with Crippen LogP contribution in [-0.2, 0) is 6.42 Å². The third-order valence-electron chi connectivity index (χ3n) is 3.18. The van der Waals surface area contributed by atoms with E-state index in [1.165, 1.54) is 16.0 Å². The molecule has 0 saturated heterocycles. The van der Waals surface area contributed by atoms with Crippen LogP contribution in [0.15, 0.2) is 47.4 Å². The number of rotatable bonds is 5. The Bertz CT molecular complexity index is 566. The van der Waals surface area contributed by atoms with Crippen LogP contribution in [-0.4, -0.2) is 11.8 Å². The smallest absolute Gasteiger partial charge is 0.0441 e. The van der Waals surface area contributed by atoms with Crippen LogP contribution in [0.4, 0.5) is 0 Å². The number of halogens is 1. The van der Waals surface area contributed by atoms with Gasteiger partial charge in [-0.15, -0.1) is 11.8 Å². The van der Waals surface area contributed by atoms with Crippen molar-refractivity contribution in [2.45, 2.75) is 31.2 Å². The van der Waals surface area contributed by atoms with Gasteiger partial charge in [0.1, 0.15) is 0 Å². The molecule has 0 radical (unpaired) electrons. The van der Waals surface area contributed by atoms with Gasteiger partial charge in [0.25, 0.3) is 0 Å². The van der Waals surface area contributed by atoms with Gasteiger partial charge in [-0.2, -0.15) is 0 Å². The van der Waals surface area contributed by atoms with Gasteiger partial charge in [0.05, 0.1) is 0 Å². The van der Waals surface area contributed by atoms with Crippen molar-refractivity contribution in [2.24, 2.45) is 5.73 Å². The van der Waals surface area contributed by atoms with E-state index in [-0.39, 0.29) is 6.04 Å². The minimum atomic E-state index is 0.113. The molecule has 0 bridgehead atoms. The van der Waals surface area contributed by atoms with Gasteiger partial charge in [-0.3, -0.25) is 0 Å². The fourth-order valence-electron chi connectivity index (χ4n) is 2.00. The van der Waals surface area contributed by atoms with Crippen molar-refractivity contribution in [1.29, 1.82) is 0 Å². The molecule has 20 heavy (non-hydrogen) atoms. The van der Waals surface area contributed by atoms with Crippen LogP contribution < -0.4 is 5.73 Å². The molecule has 2 N–H and O–H groups in total. The van der Waals surface area contributed by atoms with Crippen LogP contribution in [0.25, 0.3) is 0 Å². The molecule has 2 aromatic rings. The fraction of sp³-hybridized carbons (Fsp3) is 0.294. The molecule has 0 amide bonds. The highest BCUT2D eigenvalue weighted by molar-refractivity contribution is 7.99. The van der Waals surface area contributed by atoms with Gasteiger partial charge in [-0.1, -0.05) is 41.4 Å². The molecule has 1 nitrogen and oxygen atoms in total. The molecule has 0 spiro atoms. The first-order valence-electron chi connectivity index (χ1n) is 6.74. The standard InChI is InChI=1S/C17H20ClNS/c1-12-4-7-16(8-5-12)20-11-15(19)10-14-6-3-13(2)9-17(14)18/h3-9,15H,10-11,19H2,1-2H3. The summed E-state index contributed by atoms with van der Waals surface area (Å²) in [7, 11) is 0. The Kier molecular flexibility index (Phi) is 5.53. The van der Waals surface area contributed by atoms with Crippen molar-refractivity contribution >= 4 is 23.4 Å². The number of hydrogen-bond acceptors (Lipinski definition) is 2. The maximum atomic E-state index is 6.25. The van der Waals surface area contributed by atoms with Gasteiger partial charge in [0.2, 0.25) is 0 Å². The molecule has 0 saturated carbocycles. The molecule has 106 valence electrons. The minimum absolute atomic E-state index is 0.113. The monoisotopic (exact) mass is 305 g/mol. The Morgan fingerprint density at radius 1 is 1.05 bits per heavy atom. The largest absolute Gasteiger partial charge is 0.327 e. The summed E-state index contributed by atoms with van der Waals surface area (Å²) in [5.41, 5.74) is 9.81. The van der Waals surface area contributed by atoms with E-state index in [4.69, 9.17) is 17.3 Å². The average molecular weight is 306 g/mol. The maximum absolute atomic E-state index is 6.25. The van der Waals surface area contributed by atoms with Gasteiger partial charge >= 0.3 is 0 Å². The van der Waals surface area contributed by atoms with Gasteiger partial charge in [0, 0.05) is 21.7 Å². The molecule has 0 aliphatic rings. The highest BCUT2D eigenvalue weighted by Crippen LogP contribution is 2.22. The highest BCUT2D eigenvalue weighted by Gasteiger charge is 2.08. The molecule has 3 heteroatoms. The molecular formula is C17H20ClNS. The van der Waals surface area contributed by atoms with Crippen LogP contribution in [0.3, 0.4) is 0 Å². The minimum Gasteiger partial charge on any atom is -0.327 e. The summed E-state index contributed by atoms with van der Waals surface area (Å²) in [4.78, 5) is 1.26. The van der Waals surface area contributed by atoms with Crippen LogP contribution in [0.1, 0.15) is 16.7 Å². The summed E-state index contributed by atoms with van der Waals surface area (Å²) in [6, 6.07) is 14.8. The zero-order valence-corrected chi connectivity index (χ0v) is 13.5. The van der Waals surface area contributed by atoms with E-state index in [0.29, 0.717) is 0 Å². The highest BCUT2D eigenvalue weighted by atomic mass is 35.5. The van der Waals surface area contributed by atoms with Crippen molar-refractivity contribution in [3.05, 3.63) is 64.2 Å². The number of thioether (sulfide) groups is 1. The first-order chi connectivity index (χ1) is 9.54. The Morgan fingerprint density at radius 2 is 1.70 bits per heavy atom. The van der Waals surface area contributed by atoms with E-state index < -0.39 is 0 Å². The molecule has 1 atom stereocenters. The lowest BCUT2D eigenvalue weighted by molar-refractivity contribution is 0.748. The van der Waals surface area contributed by atoms with E-state index >= 15 is 0 Å². The summed E-state index contributed by atoms with van der Waals surface area (Å²) in [6.07, 6.45) is 0.817. The summed E-state index contributed by atoms with van der Waals surface area (Å²) in [5, 5.41) is 0.820. The predicted octanol–water partition coefficient (Wildman–Crippen LogP) is 4.62. The van der Waals surface area contributed by atoms with Gasteiger partial charge < -0.3 is 5.73 Å². The molecule has 0 aromatic heterocycles. The second kappa shape index (κ2) is 7.16. The van der Waals surface area contributed by atoms with Gasteiger partial charge in [-0.05, 0) is 49.6 Å². The maximum Gasteiger partial charge on any atom is 0.0441 e. The zero-order valence-electron chi connectivity index (χ0n) is 11.9. The number of hydrogen-bond donors (Lipinski definition) is 1.